The zero-order valence-electron chi connectivity index (χ0n) is 16.1. The SMILES string of the molecule is O=C(COC(=O)C12CCC(=O)N1c1ccccc1C(=O)N2C1CC1)N1CCNC1=O. The molecule has 4 aliphatic rings. The van der Waals surface area contributed by atoms with Gasteiger partial charge in [0.1, 0.15) is 0 Å². The molecule has 0 radical (unpaired) electrons. The number of fused-ring (bicyclic) bond motifs is 3. The fourth-order valence-electron chi connectivity index (χ4n) is 4.54. The van der Waals surface area contributed by atoms with Crippen LogP contribution in [0.5, 0.6) is 0 Å². The summed E-state index contributed by atoms with van der Waals surface area (Å²) < 4.78 is 5.33. The van der Waals surface area contributed by atoms with Gasteiger partial charge in [-0.25, -0.2) is 9.59 Å². The Morgan fingerprint density at radius 2 is 1.93 bits per heavy atom. The zero-order valence-corrected chi connectivity index (χ0v) is 16.1. The second kappa shape index (κ2) is 6.54. The topological polar surface area (TPSA) is 116 Å². The van der Waals surface area contributed by atoms with E-state index in [1.54, 1.807) is 24.3 Å². The molecule has 0 bridgehead atoms. The van der Waals surface area contributed by atoms with Crippen molar-refractivity contribution in [1.29, 1.82) is 0 Å². The van der Waals surface area contributed by atoms with Gasteiger partial charge in [-0.3, -0.25) is 24.2 Å². The van der Waals surface area contributed by atoms with Crippen molar-refractivity contribution in [2.24, 2.45) is 0 Å². The number of urea groups is 1. The van der Waals surface area contributed by atoms with Gasteiger partial charge in [0.25, 0.3) is 11.8 Å². The normalized spacial score (nSPS) is 25.2. The van der Waals surface area contributed by atoms with Gasteiger partial charge >= 0.3 is 12.0 Å². The summed E-state index contributed by atoms with van der Waals surface area (Å²) in [5.41, 5.74) is -0.853. The van der Waals surface area contributed by atoms with E-state index in [1.807, 2.05) is 0 Å². The van der Waals surface area contributed by atoms with Gasteiger partial charge in [-0.2, -0.15) is 0 Å². The van der Waals surface area contributed by atoms with Crippen molar-refractivity contribution in [2.45, 2.75) is 37.4 Å². The molecule has 0 aromatic heterocycles. The van der Waals surface area contributed by atoms with E-state index in [9.17, 15) is 24.0 Å². The van der Waals surface area contributed by atoms with Crippen LogP contribution in [0.4, 0.5) is 10.5 Å². The highest BCUT2D eigenvalue weighted by Gasteiger charge is 2.64. The summed E-state index contributed by atoms with van der Waals surface area (Å²) in [6.07, 6.45) is 1.65. The van der Waals surface area contributed by atoms with Gasteiger partial charge in [0.2, 0.25) is 11.6 Å². The van der Waals surface area contributed by atoms with Crippen LogP contribution in [-0.2, 0) is 19.1 Å². The number of ether oxygens (including phenoxy) is 1. The van der Waals surface area contributed by atoms with E-state index in [0.717, 1.165) is 17.7 Å². The molecule has 30 heavy (non-hydrogen) atoms. The van der Waals surface area contributed by atoms with Gasteiger partial charge in [-0.1, -0.05) is 12.1 Å². The number of amides is 5. The first-order valence-corrected chi connectivity index (χ1v) is 9.96. The minimum atomic E-state index is -1.60. The van der Waals surface area contributed by atoms with Crippen LogP contribution in [0.2, 0.25) is 0 Å². The number of imide groups is 1. The van der Waals surface area contributed by atoms with Crippen molar-refractivity contribution in [3.8, 4) is 0 Å². The Morgan fingerprint density at radius 3 is 2.63 bits per heavy atom. The zero-order chi connectivity index (χ0) is 21.0. The monoisotopic (exact) mass is 412 g/mol. The van der Waals surface area contributed by atoms with Gasteiger partial charge in [0.05, 0.1) is 11.3 Å². The maximum Gasteiger partial charge on any atom is 0.354 e. The lowest BCUT2D eigenvalue weighted by Gasteiger charge is -2.48. The molecule has 1 saturated carbocycles. The number of hydrogen-bond acceptors (Lipinski definition) is 6. The molecule has 1 N–H and O–H groups in total. The minimum absolute atomic E-state index is 0.0857. The van der Waals surface area contributed by atoms with E-state index >= 15 is 0 Å². The molecule has 2 saturated heterocycles. The molecule has 1 aromatic carbocycles. The van der Waals surface area contributed by atoms with Crippen LogP contribution < -0.4 is 10.2 Å². The quantitative estimate of drug-likeness (QED) is 0.708. The van der Waals surface area contributed by atoms with Crippen molar-refractivity contribution in [1.82, 2.24) is 15.1 Å². The van der Waals surface area contributed by atoms with E-state index in [1.165, 1.54) is 9.80 Å². The molecule has 156 valence electrons. The highest BCUT2D eigenvalue weighted by molar-refractivity contribution is 6.16. The van der Waals surface area contributed by atoms with Crippen LogP contribution in [0.25, 0.3) is 0 Å². The molecule has 3 heterocycles. The summed E-state index contributed by atoms with van der Waals surface area (Å²) in [4.78, 5) is 67.3. The van der Waals surface area contributed by atoms with Crippen LogP contribution in [0.1, 0.15) is 36.0 Å². The Hall–Kier alpha value is -3.43. The Kier molecular flexibility index (Phi) is 4.05. The lowest BCUT2D eigenvalue weighted by atomic mass is 9.96. The minimum Gasteiger partial charge on any atom is -0.452 e. The Morgan fingerprint density at radius 1 is 1.17 bits per heavy atom. The maximum absolute atomic E-state index is 13.4. The first-order valence-electron chi connectivity index (χ1n) is 9.96. The van der Waals surface area contributed by atoms with E-state index in [-0.39, 0.29) is 37.2 Å². The van der Waals surface area contributed by atoms with Crippen molar-refractivity contribution < 1.29 is 28.7 Å². The first-order chi connectivity index (χ1) is 14.4. The molecule has 5 rings (SSSR count). The molecule has 1 unspecified atom stereocenters. The molecule has 3 fully saturated rings. The number of rotatable bonds is 4. The number of anilines is 1. The molecule has 10 nitrogen and oxygen atoms in total. The Balaban J connectivity index is 1.48. The highest BCUT2D eigenvalue weighted by Crippen LogP contribution is 2.49. The van der Waals surface area contributed by atoms with Crippen molar-refractivity contribution in [3.05, 3.63) is 29.8 Å². The van der Waals surface area contributed by atoms with Crippen LogP contribution >= 0.6 is 0 Å². The van der Waals surface area contributed by atoms with Crippen LogP contribution in [-0.4, -0.2) is 70.9 Å². The first kappa shape index (κ1) is 18.6. The molecular weight excluding hydrogens is 392 g/mol. The van der Waals surface area contributed by atoms with Gasteiger partial charge in [0.15, 0.2) is 6.61 Å². The van der Waals surface area contributed by atoms with Crippen LogP contribution in [0.15, 0.2) is 24.3 Å². The summed E-state index contributed by atoms with van der Waals surface area (Å²) in [6.45, 7) is -0.0963. The number of nitrogens with one attached hydrogen (secondary N) is 1. The van der Waals surface area contributed by atoms with Crippen molar-refractivity contribution in [2.75, 3.05) is 24.6 Å². The number of esters is 1. The smallest absolute Gasteiger partial charge is 0.354 e. The lowest BCUT2D eigenvalue weighted by molar-refractivity contribution is -0.161. The third kappa shape index (κ3) is 2.52. The number of carbonyl (C=O) groups excluding carboxylic acids is 5. The fraction of sp³-hybridized carbons (Fsp3) is 0.450. The standard InChI is InChI=1S/C20H20N4O6/c25-15-7-8-20(18(28)30-11-16(26)22-10-9-21-19(22)29)23(12-5-6-12)17(27)13-3-1-2-4-14(13)24(15)20/h1-4,12H,5-11H2,(H,21,29). The van der Waals surface area contributed by atoms with Crippen LogP contribution in [0.3, 0.4) is 0 Å². The molecule has 1 atom stereocenters. The molecular formula is C20H20N4O6. The van der Waals surface area contributed by atoms with Gasteiger partial charge in [-0.05, 0) is 25.0 Å². The number of nitrogens with zero attached hydrogens (tertiary/aromatic N) is 3. The van der Waals surface area contributed by atoms with Gasteiger partial charge in [0, 0.05) is 32.0 Å². The number of benzene rings is 1. The largest absolute Gasteiger partial charge is 0.452 e. The van der Waals surface area contributed by atoms with Gasteiger partial charge < -0.3 is 15.0 Å². The predicted molar refractivity (Wildman–Crippen MR) is 101 cm³/mol. The average molecular weight is 412 g/mol. The third-order valence-corrected chi connectivity index (χ3v) is 6.02. The Bertz CT molecular complexity index is 989. The number of para-hydroxylation sites is 1. The molecule has 10 heteroatoms. The molecule has 0 spiro atoms. The highest BCUT2D eigenvalue weighted by atomic mass is 16.5. The second-order valence-corrected chi connectivity index (χ2v) is 7.82. The third-order valence-electron chi connectivity index (χ3n) is 6.02. The fourth-order valence-corrected chi connectivity index (χ4v) is 4.54. The summed E-state index contributed by atoms with van der Waals surface area (Å²) >= 11 is 0. The van der Waals surface area contributed by atoms with E-state index in [0.29, 0.717) is 17.8 Å². The van der Waals surface area contributed by atoms with E-state index in [4.69, 9.17) is 4.74 Å². The number of carbonyl (C=O) groups is 5. The summed E-state index contributed by atoms with van der Waals surface area (Å²) in [5, 5.41) is 2.51. The average Bonchev–Trinajstić information content (AvgIpc) is 3.38. The molecule has 1 aromatic rings. The van der Waals surface area contributed by atoms with E-state index in [2.05, 4.69) is 5.32 Å². The molecule has 5 amide bonds. The summed E-state index contributed by atoms with van der Waals surface area (Å²) in [7, 11) is 0. The second-order valence-electron chi connectivity index (χ2n) is 7.82. The molecule has 1 aliphatic carbocycles. The van der Waals surface area contributed by atoms with E-state index < -0.39 is 30.2 Å². The maximum atomic E-state index is 13.4. The predicted octanol–water partition coefficient (Wildman–Crippen LogP) is 0.223. The number of hydrogen-bond donors (Lipinski definition) is 1. The van der Waals surface area contributed by atoms with Crippen molar-refractivity contribution in [3.63, 3.8) is 0 Å². The summed E-state index contributed by atoms with van der Waals surface area (Å²) in [6, 6.07) is 6.01. The molecule has 3 aliphatic heterocycles. The Labute approximate surface area is 171 Å². The lowest BCUT2D eigenvalue weighted by Crippen LogP contribution is -2.69. The van der Waals surface area contributed by atoms with Crippen LogP contribution in [0, 0.1) is 0 Å². The summed E-state index contributed by atoms with van der Waals surface area (Å²) in [5.74, 6) is -2.06. The van der Waals surface area contributed by atoms with Gasteiger partial charge in [-0.15, -0.1) is 0 Å². The van der Waals surface area contributed by atoms with Crippen molar-refractivity contribution >= 4 is 35.4 Å².